The van der Waals surface area contributed by atoms with E-state index >= 15 is 0 Å². The number of carbonyl (C=O) groups is 1. The second-order valence-electron chi connectivity index (χ2n) is 5.07. The van der Waals surface area contributed by atoms with Crippen LogP contribution in [0.4, 0.5) is 16.4 Å². The first-order chi connectivity index (χ1) is 10.6. The maximum absolute atomic E-state index is 11.8. The van der Waals surface area contributed by atoms with Crippen LogP contribution in [0.1, 0.15) is 12.5 Å². The molecule has 1 aliphatic heterocycles. The van der Waals surface area contributed by atoms with Crippen LogP contribution in [0.2, 0.25) is 0 Å². The number of H-pyrrole nitrogens is 1. The van der Waals surface area contributed by atoms with Gasteiger partial charge >= 0.3 is 6.03 Å². The van der Waals surface area contributed by atoms with E-state index in [4.69, 9.17) is 4.74 Å². The van der Waals surface area contributed by atoms with E-state index in [0.29, 0.717) is 11.4 Å². The summed E-state index contributed by atoms with van der Waals surface area (Å²) < 4.78 is 5.73. The third kappa shape index (κ3) is 2.91. The second-order valence-corrected chi connectivity index (χ2v) is 5.07. The van der Waals surface area contributed by atoms with Gasteiger partial charge in [0.25, 0.3) is 0 Å². The topological polar surface area (TPSA) is 112 Å². The Hall–Kier alpha value is -2.87. The molecule has 0 radical (unpaired) electrons. The molecule has 1 aliphatic rings. The number of hydrogen-bond acceptors (Lipinski definition) is 5. The van der Waals surface area contributed by atoms with Gasteiger partial charge in [0, 0.05) is 11.3 Å². The fraction of sp³-hybridized carbons (Fsp3) is 0.214. The molecule has 2 amide bonds. The molecule has 1 atom stereocenters. The van der Waals surface area contributed by atoms with Gasteiger partial charge in [-0.25, -0.2) is 9.89 Å². The van der Waals surface area contributed by atoms with Gasteiger partial charge < -0.3 is 15.2 Å². The molecule has 8 nitrogen and oxygen atoms in total. The van der Waals surface area contributed by atoms with Gasteiger partial charge in [-0.1, -0.05) is 6.08 Å². The zero-order valence-electron chi connectivity index (χ0n) is 11.8. The van der Waals surface area contributed by atoms with Crippen LogP contribution < -0.4 is 15.4 Å². The Labute approximate surface area is 126 Å². The number of rotatable bonds is 3. The van der Waals surface area contributed by atoms with Crippen molar-refractivity contribution in [3.63, 3.8) is 0 Å². The van der Waals surface area contributed by atoms with Crippen molar-refractivity contribution in [1.82, 2.24) is 15.2 Å². The quantitative estimate of drug-likeness (QED) is 0.688. The minimum Gasteiger partial charge on any atom is -0.480 e. The van der Waals surface area contributed by atoms with Crippen molar-refractivity contribution >= 4 is 23.7 Å². The number of aromatic amines is 1. The minimum atomic E-state index is -0.717. The molecular weight excluding hydrogens is 286 g/mol. The van der Waals surface area contributed by atoms with Crippen LogP contribution in [-0.2, 0) is 0 Å². The molecular formula is C14H15N5O3. The number of nitrogens with zero attached hydrogens (tertiary/aromatic N) is 2. The SMILES string of the molecule is CC1(CO)C=Cc2cc(NC(=O)Nc3ncn[nH]3)ccc2O1. The summed E-state index contributed by atoms with van der Waals surface area (Å²) in [6, 6.07) is 4.81. The number of aliphatic hydroxyl groups excluding tert-OH is 1. The zero-order chi connectivity index (χ0) is 15.6. The second kappa shape index (κ2) is 5.49. The van der Waals surface area contributed by atoms with Gasteiger partial charge in [-0.3, -0.25) is 5.32 Å². The lowest BCUT2D eigenvalue weighted by Crippen LogP contribution is -2.35. The van der Waals surface area contributed by atoms with E-state index in [1.54, 1.807) is 31.2 Å². The monoisotopic (exact) mass is 301 g/mol. The number of benzene rings is 1. The fourth-order valence-electron chi connectivity index (χ4n) is 2.02. The highest BCUT2D eigenvalue weighted by Gasteiger charge is 2.26. The van der Waals surface area contributed by atoms with Gasteiger partial charge in [-0.05, 0) is 31.2 Å². The summed E-state index contributed by atoms with van der Waals surface area (Å²) in [5.74, 6) is 0.914. The first-order valence-electron chi connectivity index (χ1n) is 6.64. The third-order valence-electron chi connectivity index (χ3n) is 3.19. The van der Waals surface area contributed by atoms with Crippen LogP contribution in [0.25, 0.3) is 6.08 Å². The van der Waals surface area contributed by atoms with E-state index in [9.17, 15) is 9.90 Å². The summed E-state index contributed by atoms with van der Waals surface area (Å²) in [7, 11) is 0. The average Bonchev–Trinajstić information content (AvgIpc) is 3.00. The molecule has 0 saturated carbocycles. The van der Waals surface area contributed by atoms with E-state index in [-0.39, 0.29) is 12.6 Å². The molecule has 0 fully saturated rings. The van der Waals surface area contributed by atoms with Crippen LogP contribution in [0.15, 0.2) is 30.6 Å². The van der Waals surface area contributed by atoms with E-state index in [1.807, 2.05) is 6.08 Å². The molecule has 0 saturated heterocycles. The zero-order valence-corrected chi connectivity index (χ0v) is 11.8. The van der Waals surface area contributed by atoms with Crippen LogP contribution in [0, 0.1) is 0 Å². The molecule has 0 bridgehead atoms. The largest absolute Gasteiger partial charge is 0.480 e. The van der Waals surface area contributed by atoms with Gasteiger partial charge in [0.2, 0.25) is 5.95 Å². The van der Waals surface area contributed by atoms with Crippen molar-refractivity contribution in [1.29, 1.82) is 0 Å². The van der Waals surface area contributed by atoms with E-state index < -0.39 is 11.6 Å². The molecule has 8 heteroatoms. The highest BCUT2D eigenvalue weighted by Crippen LogP contribution is 2.32. The summed E-state index contributed by atoms with van der Waals surface area (Å²) >= 11 is 0. The van der Waals surface area contributed by atoms with Crippen molar-refractivity contribution in [2.75, 3.05) is 17.2 Å². The Morgan fingerprint density at radius 1 is 1.45 bits per heavy atom. The Balaban J connectivity index is 1.71. The van der Waals surface area contributed by atoms with E-state index in [0.717, 1.165) is 5.56 Å². The first-order valence-corrected chi connectivity index (χ1v) is 6.64. The van der Waals surface area contributed by atoms with Crippen LogP contribution in [0.5, 0.6) is 5.75 Å². The molecule has 1 aromatic carbocycles. The maximum atomic E-state index is 11.8. The highest BCUT2D eigenvalue weighted by atomic mass is 16.5. The fourth-order valence-corrected chi connectivity index (χ4v) is 2.02. The smallest absolute Gasteiger partial charge is 0.326 e. The van der Waals surface area contributed by atoms with Gasteiger partial charge in [-0.15, -0.1) is 0 Å². The van der Waals surface area contributed by atoms with Crippen molar-refractivity contribution < 1.29 is 14.6 Å². The van der Waals surface area contributed by atoms with E-state index in [1.165, 1.54) is 6.33 Å². The number of urea groups is 1. The molecule has 3 rings (SSSR count). The lowest BCUT2D eigenvalue weighted by atomic mass is 10.0. The predicted molar refractivity (Wildman–Crippen MR) is 80.6 cm³/mol. The number of ether oxygens (including phenoxy) is 1. The van der Waals surface area contributed by atoms with Crippen molar-refractivity contribution in [2.24, 2.45) is 0 Å². The van der Waals surface area contributed by atoms with Gasteiger partial charge in [-0.2, -0.15) is 10.1 Å². The number of hydrogen-bond donors (Lipinski definition) is 4. The first kappa shape index (κ1) is 14.1. The minimum absolute atomic E-state index is 0.109. The van der Waals surface area contributed by atoms with Gasteiger partial charge in [0.15, 0.2) is 0 Å². The molecule has 2 aromatic rings. The Morgan fingerprint density at radius 3 is 3.05 bits per heavy atom. The van der Waals surface area contributed by atoms with Crippen molar-refractivity contribution in [2.45, 2.75) is 12.5 Å². The number of anilines is 2. The van der Waals surface area contributed by atoms with Crippen molar-refractivity contribution in [3.05, 3.63) is 36.2 Å². The summed E-state index contributed by atoms with van der Waals surface area (Å²) in [6.45, 7) is 1.69. The van der Waals surface area contributed by atoms with Gasteiger partial charge in [0.05, 0.1) is 6.61 Å². The number of nitrogens with one attached hydrogen (secondary N) is 3. The summed E-state index contributed by atoms with van der Waals surface area (Å²) in [4.78, 5) is 15.6. The van der Waals surface area contributed by atoms with Gasteiger partial charge in [0.1, 0.15) is 17.7 Å². The summed E-state index contributed by atoms with van der Waals surface area (Å²) in [5, 5.41) is 20.7. The molecule has 22 heavy (non-hydrogen) atoms. The van der Waals surface area contributed by atoms with Crippen LogP contribution in [-0.4, -0.2) is 38.5 Å². The molecule has 0 aliphatic carbocycles. The number of fused-ring (bicyclic) bond motifs is 1. The molecule has 2 heterocycles. The summed E-state index contributed by atoms with van der Waals surface area (Å²) in [6.07, 6.45) is 4.94. The molecule has 0 spiro atoms. The number of carbonyl (C=O) groups excluding carboxylic acids is 1. The number of aromatic nitrogens is 3. The maximum Gasteiger partial charge on any atom is 0.326 e. The standard InChI is InChI=1S/C14H15N5O3/c1-14(7-20)5-4-9-6-10(2-3-11(9)22-14)17-13(21)18-12-15-8-16-19-12/h2-6,8,20H,7H2,1H3,(H3,15,16,17,18,19,21). The normalized spacial score (nSPS) is 19.2. The Kier molecular flexibility index (Phi) is 3.51. The number of amides is 2. The van der Waals surface area contributed by atoms with Crippen molar-refractivity contribution in [3.8, 4) is 5.75 Å². The van der Waals surface area contributed by atoms with Crippen LogP contribution in [0.3, 0.4) is 0 Å². The molecule has 4 N–H and O–H groups in total. The highest BCUT2D eigenvalue weighted by molar-refractivity contribution is 5.98. The average molecular weight is 301 g/mol. The van der Waals surface area contributed by atoms with Crippen LogP contribution >= 0.6 is 0 Å². The third-order valence-corrected chi connectivity index (χ3v) is 3.19. The lowest BCUT2D eigenvalue weighted by Gasteiger charge is -2.29. The lowest BCUT2D eigenvalue weighted by molar-refractivity contribution is 0.0641. The summed E-state index contributed by atoms with van der Waals surface area (Å²) in [5.41, 5.74) is 0.714. The predicted octanol–water partition coefficient (Wildman–Crippen LogP) is 1.61. The molecule has 1 aromatic heterocycles. The van der Waals surface area contributed by atoms with E-state index in [2.05, 4.69) is 25.8 Å². The molecule has 114 valence electrons. The number of aliphatic hydroxyl groups is 1. The Morgan fingerprint density at radius 2 is 2.32 bits per heavy atom. The Bertz CT molecular complexity index is 713. The molecule has 1 unspecified atom stereocenters.